The SMILES string of the molecule is C[C@@H]1CC[C@H]2C(=O)N(N(CC(=O)c3ccc(Br)cc3)C(=O)c3ccccc3Cl)C(=O)[C@H]2C1. The molecule has 0 bridgehead atoms. The third-order valence-electron chi connectivity index (χ3n) is 6.20. The number of fused-ring (bicyclic) bond motifs is 1. The van der Waals surface area contributed by atoms with Crippen molar-refractivity contribution in [1.82, 2.24) is 10.0 Å². The van der Waals surface area contributed by atoms with Gasteiger partial charge in [-0.05, 0) is 49.4 Å². The fourth-order valence-corrected chi connectivity index (χ4v) is 4.96. The van der Waals surface area contributed by atoms with E-state index in [4.69, 9.17) is 11.6 Å². The van der Waals surface area contributed by atoms with Crippen molar-refractivity contribution in [3.05, 3.63) is 69.2 Å². The summed E-state index contributed by atoms with van der Waals surface area (Å²) in [7, 11) is 0. The van der Waals surface area contributed by atoms with Crippen LogP contribution in [0.3, 0.4) is 0 Å². The molecule has 2 aromatic carbocycles. The summed E-state index contributed by atoms with van der Waals surface area (Å²) in [6, 6.07) is 13.1. The van der Waals surface area contributed by atoms with E-state index in [2.05, 4.69) is 22.9 Å². The minimum atomic E-state index is -0.658. The van der Waals surface area contributed by atoms with Gasteiger partial charge in [-0.15, -0.1) is 0 Å². The van der Waals surface area contributed by atoms with Crippen molar-refractivity contribution in [3.63, 3.8) is 0 Å². The van der Waals surface area contributed by atoms with Crippen LogP contribution in [0.2, 0.25) is 5.02 Å². The Morgan fingerprint density at radius 1 is 1.03 bits per heavy atom. The summed E-state index contributed by atoms with van der Waals surface area (Å²) in [4.78, 5) is 53.0. The highest BCUT2D eigenvalue weighted by Gasteiger charge is 2.52. The van der Waals surface area contributed by atoms with E-state index in [0.717, 1.165) is 20.9 Å². The molecule has 2 aliphatic rings. The lowest BCUT2D eigenvalue weighted by Gasteiger charge is -2.30. The van der Waals surface area contributed by atoms with Crippen LogP contribution in [0, 0.1) is 17.8 Å². The second kappa shape index (κ2) is 9.16. The van der Waals surface area contributed by atoms with E-state index in [1.807, 2.05) is 0 Å². The van der Waals surface area contributed by atoms with E-state index in [-0.39, 0.29) is 16.4 Å². The number of halogens is 2. The van der Waals surface area contributed by atoms with E-state index in [0.29, 0.717) is 24.3 Å². The number of carbonyl (C=O) groups is 4. The molecule has 0 spiro atoms. The van der Waals surface area contributed by atoms with Gasteiger partial charge in [0.05, 0.1) is 22.4 Å². The van der Waals surface area contributed by atoms with E-state index >= 15 is 0 Å². The minimum absolute atomic E-state index is 0.126. The smallest absolute Gasteiger partial charge is 0.274 e. The molecule has 32 heavy (non-hydrogen) atoms. The summed E-state index contributed by atoms with van der Waals surface area (Å²) in [5.74, 6) is -2.48. The predicted molar refractivity (Wildman–Crippen MR) is 123 cm³/mol. The van der Waals surface area contributed by atoms with Crippen LogP contribution >= 0.6 is 27.5 Å². The maximum atomic E-state index is 13.5. The molecule has 0 radical (unpaired) electrons. The van der Waals surface area contributed by atoms with Crippen molar-refractivity contribution in [2.75, 3.05) is 6.54 Å². The number of benzene rings is 2. The van der Waals surface area contributed by atoms with Gasteiger partial charge in [-0.1, -0.05) is 58.7 Å². The molecule has 6 nitrogen and oxygen atoms in total. The van der Waals surface area contributed by atoms with Crippen LogP contribution in [-0.4, -0.2) is 40.1 Å². The normalized spacial score (nSPS) is 22.6. The summed E-state index contributed by atoms with van der Waals surface area (Å²) in [5.41, 5.74) is 0.497. The van der Waals surface area contributed by atoms with E-state index in [1.54, 1.807) is 42.5 Å². The van der Waals surface area contributed by atoms with Crippen molar-refractivity contribution in [3.8, 4) is 0 Å². The lowest BCUT2D eigenvalue weighted by Crippen LogP contribution is -2.52. The molecule has 3 atom stereocenters. The topological polar surface area (TPSA) is 74.8 Å². The third kappa shape index (κ3) is 4.24. The van der Waals surface area contributed by atoms with Gasteiger partial charge in [-0.2, -0.15) is 5.01 Å². The third-order valence-corrected chi connectivity index (χ3v) is 7.06. The van der Waals surface area contributed by atoms with Gasteiger partial charge in [0.25, 0.3) is 17.7 Å². The Balaban J connectivity index is 1.70. The van der Waals surface area contributed by atoms with Crippen LogP contribution in [0.15, 0.2) is 53.0 Å². The number of imide groups is 1. The first kappa shape index (κ1) is 22.7. The molecule has 0 unspecified atom stereocenters. The van der Waals surface area contributed by atoms with Crippen molar-refractivity contribution in [1.29, 1.82) is 0 Å². The van der Waals surface area contributed by atoms with Crippen molar-refractivity contribution < 1.29 is 19.2 Å². The average Bonchev–Trinajstić information content (AvgIpc) is 3.01. The van der Waals surface area contributed by atoms with E-state index in [9.17, 15) is 19.2 Å². The van der Waals surface area contributed by atoms with Crippen LogP contribution in [0.4, 0.5) is 0 Å². The van der Waals surface area contributed by atoms with Gasteiger partial charge in [0.1, 0.15) is 6.54 Å². The van der Waals surface area contributed by atoms with Crippen LogP contribution in [0.25, 0.3) is 0 Å². The maximum absolute atomic E-state index is 13.5. The van der Waals surface area contributed by atoms with Gasteiger partial charge in [0.2, 0.25) is 0 Å². The Morgan fingerprint density at radius 3 is 2.38 bits per heavy atom. The maximum Gasteiger partial charge on any atom is 0.274 e. The predicted octanol–water partition coefficient (Wildman–Crippen LogP) is 4.76. The molecule has 0 aromatic heterocycles. The largest absolute Gasteiger partial charge is 0.292 e. The molecule has 0 N–H and O–H groups in total. The highest BCUT2D eigenvalue weighted by molar-refractivity contribution is 9.10. The molecule has 3 amide bonds. The van der Waals surface area contributed by atoms with Crippen LogP contribution < -0.4 is 0 Å². The number of rotatable bonds is 5. The van der Waals surface area contributed by atoms with Crippen LogP contribution in [0.1, 0.15) is 46.9 Å². The van der Waals surface area contributed by atoms with Gasteiger partial charge in [0, 0.05) is 10.0 Å². The highest BCUT2D eigenvalue weighted by atomic mass is 79.9. The monoisotopic (exact) mass is 516 g/mol. The number of hydrazine groups is 1. The summed E-state index contributed by atoms with van der Waals surface area (Å²) in [6.45, 7) is 1.61. The summed E-state index contributed by atoms with van der Waals surface area (Å²) in [6.07, 6.45) is 2.05. The fraction of sp³-hybridized carbons (Fsp3) is 0.333. The Bertz CT molecular complexity index is 1090. The molecular formula is C24H22BrClN2O4. The van der Waals surface area contributed by atoms with Crippen molar-refractivity contribution in [2.24, 2.45) is 17.8 Å². The first-order valence-corrected chi connectivity index (χ1v) is 11.7. The second-order valence-electron chi connectivity index (χ2n) is 8.39. The first-order valence-electron chi connectivity index (χ1n) is 10.5. The molecule has 8 heteroatoms. The molecule has 1 saturated carbocycles. The summed E-state index contributed by atoms with van der Waals surface area (Å²) >= 11 is 9.56. The second-order valence-corrected chi connectivity index (χ2v) is 9.72. The molecule has 1 aliphatic carbocycles. The Kier molecular flexibility index (Phi) is 6.49. The molecule has 1 aliphatic heterocycles. The van der Waals surface area contributed by atoms with Gasteiger partial charge >= 0.3 is 0 Å². The van der Waals surface area contributed by atoms with Gasteiger partial charge in [0.15, 0.2) is 5.78 Å². The summed E-state index contributed by atoms with van der Waals surface area (Å²) in [5, 5.41) is 2.05. The highest BCUT2D eigenvalue weighted by Crippen LogP contribution is 2.41. The van der Waals surface area contributed by atoms with Gasteiger partial charge in [-0.25, -0.2) is 5.01 Å². The quantitative estimate of drug-likeness (QED) is 0.423. The standard InChI is InChI=1S/C24H22BrClN2O4/c1-14-6-11-17-19(12-14)24(32)28(23(17)31)27(22(30)18-4-2-3-5-20(18)26)13-21(29)15-7-9-16(25)10-8-15/h2-5,7-10,14,17,19H,6,11-13H2,1H3/t14-,17-,19+/m1/s1. The van der Waals surface area contributed by atoms with Crippen LogP contribution in [-0.2, 0) is 9.59 Å². The van der Waals surface area contributed by atoms with Crippen LogP contribution in [0.5, 0.6) is 0 Å². The Hall–Kier alpha value is -2.51. The van der Waals surface area contributed by atoms with Gasteiger partial charge < -0.3 is 0 Å². The lowest BCUT2D eigenvalue weighted by molar-refractivity contribution is -0.154. The molecule has 1 saturated heterocycles. The Labute approximate surface area is 199 Å². The number of amides is 3. The number of Topliss-reactive ketones (excluding diaryl/α,β-unsaturated/α-hetero) is 1. The zero-order chi connectivity index (χ0) is 23.0. The first-order chi connectivity index (χ1) is 15.3. The molecule has 1 heterocycles. The number of ketones is 1. The van der Waals surface area contributed by atoms with E-state index < -0.39 is 36.1 Å². The minimum Gasteiger partial charge on any atom is -0.292 e. The van der Waals surface area contributed by atoms with Gasteiger partial charge in [-0.3, -0.25) is 19.2 Å². The fourth-order valence-electron chi connectivity index (χ4n) is 4.48. The lowest BCUT2D eigenvalue weighted by atomic mass is 9.76. The number of nitrogens with zero attached hydrogens (tertiary/aromatic N) is 2. The number of hydrogen-bond donors (Lipinski definition) is 0. The molecule has 2 aromatic rings. The number of carbonyl (C=O) groups excluding carboxylic acids is 4. The van der Waals surface area contributed by atoms with Crippen molar-refractivity contribution >= 4 is 51.0 Å². The number of hydrogen-bond acceptors (Lipinski definition) is 4. The Morgan fingerprint density at radius 2 is 1.69 bits per heavy atom. The summed E-state index contributed by atoms with van der Waals surface area (Å²) < 4.78 is 0.807. The van der Waals surface area contributed by atoms with Crippen molar-refractivity contribution in [2.45, 2.75) is 26.2 Å². The van der Waals surface area contributed by atoms with E-state index in [1.165, 1.54) is 6.07 Å². The molecule has 166 valence electrons. The zero-order valence-corrected chi connectivity index (χ0v) is 19.8. The molecular weight excluding hydrogens is 496 g/mol. The zero-order valence-electron chi connectivity index (χ0n) is 17.5. The molecule has 4 rings (SSSR count). The molecule has 2 fully saturated rings. The average molecular weight is 518 g/mol.